The van der Waals surface area contributed by atoms with Crippen molar-refractivity contribution < 1.29 is 5.11 Å². The van der Waals surface area contributed by atoms with Crippen LogP contribution in [-0.4, -0.2) is 52.3 Å². The largest absolute Gasteiger partial charge is 0.394 e. The fourth-order valence-corrected chi connectivity index (χ4v) is 3.41. The van der Waals surface area contributed by atoms with E-state index >= 15 is 0 Å². The standard InChI is InChI=1S/C21H32N6O/c1-15(2)19(14-28)26-21-25-18(17-5-3-4-9-23-17)13-20(27-21)24-12-8-16-6-10-22-11-7-16/h3-5,9,13,15-16,19,22,28H,6-8,10-12,14H2,1-2H3,(H2,24,25,26,27)/t19-/m1/s1. The van der Waals surface area contributed by atoms with E-state index in [-0.39, 0.29) is 18.6 Å². The van der Waals surface area contributed by atoms with Crippen molar-refractivity contribution in [1.29, 1.82) is 0 Å². The van der Waals surface area contributed by atoms with Gasteiger partial charge in [-0.2, -0.15) is 4.98 Å². The van der Waals surface area contributed by atoms with E-state index in [0.717, 1.165) is 49.2 Å². The van der Waals surface area contributed by atoms with Crippen LogP contribution >= 0.6 is 0 Å². The number of nitrogens with one attached hydrogen (secondary N) is 3. The molecule has 28 heavy (non-hydrogen) atoms. The molecule has 7 heteroatoms. The number of hydrogen-bond acceptors (Lipinski definition) is 7. The first-order valence-electron chi connectivity index (χ1n) is 10.3. The van der Waals surface area contributed by atoms with Gasteiger partial charge in [0.05, 0.1) is 24.0 Å². The van der Waals surface area contributed by atoms with Crippen molar-refractivity contribution in [2.45, 2.75) is 39.2 Å². The lowest BCUT2D eigenvalue weighted by Crippen LogP contribution is -2.30. The first-order chi connectivity index (χ1) is 13.7. The molecule has 0 unspecified atom stereocenters. The number of rotatable bonds is 9. The minimum atomic E-state index is -0.0958. The van der Waals surface area contributed by atoms with E-state index in [2.05, 4.69) is 44.7 Å². The normalized spacial score (nSPS) is 16.1. The van der Waals surface area contributed by atoms with E-state index in [1.807, 2.05) is 24.3 Å². The molecule has 4 N–H and O–H groups in total. The summed E-state index contributed by atoms with van der Waals surface area (Å²) >= 11 is 0. The van der Waals surface area contributed by atoms with Gasteiger partial charge < -0.3 is 21.1 Å². The van der Waals surface area contributed by atoms with Gasteiger partial charge in [-0.3, -0.25) is 4.98 Å². The van der Waals surface area contributed by atoms with Crippen LogP contribution in [0.2, 0.25) is 0 Å². The summed E-state index contributed by atoms with van der Waals surface area (Å²) in [5, 5.41) is 19.8. The van der Waals surface area contributed by atoms with Crippen LogP contribution < -0.4 is 16.0 Å². The average molecular weight is 385 g/mol. The maximum absolute atomic E-state index is 9.65. The van der Waals surface area contributed by atoms with E-state index in [0.29, 0.717) is 5.95 Å². The highest BCUT2D eigenvalue weighted by atomic mass is 16.3. The van der Waals surface area contributed by atoms with Crippen molar-refractivity contribution in [1.82, 2.24) is 20.3 Å². The van der Waals surface area contributed by atoms with Gasteiger partial charge in [-0.15, -0.1) is 0 Å². The van der Waals surface area contributed by atoms with Crippen molar-refractivity contribution in [2.75, 3.05) is 36.9 Å². The summed E-state index contributed by atoms with van der Waals surface area (Å²) in [6.45, 7) is 7.29. The Kier molecular flexibility index (Phi) is 7.56. The summed E-state index contributed by atoms with van der Waals surface area (Å²) in [7, 11) is 0. The molecule has 1 fully saturated rings. The molecule has 0 amide bonds. The molecule has 2 aromatic heterocycles. The molecule has 1 aliphatic rings. The van der Waals surface area contributed by atoms with Crippen molar-refractivity contribution in [3.05, 3.63) is 30.5 Å². The highest BCUT2D eigenvalue weighted by Crippen LogP contribution is 2.21. The molecule has 0 aromatic carbocycles. The summed E-state index contributed by atoms with van der Waals surface area (Å²) in [4.78, 5) is 13.7. The van der Waals surface area contributed by atoms with Gasteiger partial charge in [0, 0.05) is 18.8 Å². The number of hydrogen-bond donors (Lipinski definition) is 4. The number of nitrogens with zero attached hydrogens (tertiary/aromatic N) is 3. The molecule has 1 aliphatic heterocycles. The van der Waals surface area contributed by atoms with Crippen LogP contribution in [0.5, 0.6) is 0 Å². The quantitative estimate of drug-likeness (QED) is 0.528. The molecule has 2 aromatic rings. The van der Waals surface area contributed by atoms with Gasteiger partial charge >= 0.3 is 0 Å². The summed E-state index contributed by atoms with van der Waals surface area (Å²) in [6.07, 6.45) is 5.38. The van der Waals surface area contributed by atoms with Crippen LogP contribution in [0.4, 0.5) is 11.8 Å². The van der Waals surface area contributed by atoms with Crippen LogP contribution in [0.15, 0.2) is 30.5 Å². The molecule has 152 valence electrons. The minimum Gasteiger partial charge on any atom is -0.394 e. The lowest BCUT2D eigenvalue weighted by molar-refractivity contribution is 0.248. The molecule has 0 radical (unpaired) electrons. The van der Waals surface area contributed by atoms with Crippen LogP contribution in [-0.2, 0) is 0 Å². The van der Waals surface area contributed by atoms with E-state index in [9.17, 15) is 5.11 Å². The topological polar surface area (TPSA) is 95.0 Å². The molecule has 3 rings (SSSR count). The number of aromatic nitrogens is 3. The molecule has 3 heterocycles. The van der Waals surface area contributed by atoms with Crippen LogP contribution in [0, 0.1) is 11.8 Å². The zero-order valence-corrected chi connectivity index (χ0v) is 16.9. The lowest BCUT2D eigenvalue weighted by Gasteiger charge is -2.23. The van der Waals surface area contributed by atoms with Gasteiger partial charge in [0.15, 0.2) is 0 Å². The number of aliphatic hydroxyl groups is 1. The Morgan fingerprint density at radius 3 is 2.68 bits per heavy atom. The fourth-order valence-electron chi connectivity index (χ4n) is 3.41. The average Bonchev–Trinajstić information content (AvgIpc) is 2.73. The van der Waals surface area contributed by atoms with Gasteiger partial charge in [-0.1, -0.05) is 19.9 Å². The molecule has 0 spiro atoms. The predicted octanol–water partition coefficient (Wildman–Crippen LogP) is 2.77. The molecule has 7 nitrogen and oxygen atoms in total. The Labute approximate surface area is 167 Å². The second kappa shape index (κ2) is 10.3. The second-order valence-electron chi connectivity index (χ2n) is 7.76. The van der Waals surface area contributed by atoms with Gasteiger partial charge in [-0.05, 0) is 56.3 Å². The summed E-state index contributed by atoms with van der Waals surface area (Å²) in [6, 6.07) is 7.63. The lowest BCUT2D eigenvalue weighted by atomic mass is 9.95. The maximum atomic E-state index is 9.65. The molecule has 0 bridgehead atoms. The summed E-state index contributed by atoms with van der Waals surface area (Å²) in [5.41, 5.74) is 1.57. The Morgan fingerprint density at radius 2 is 2.00 bits per heavy atom. The van der Waals surface area contributed by atoms with Crippen molar-refractivity contribution in [3.63, 3.8) is 0 Å². The Hall–Kier alpha value is -2.25. The molecule has 1 atom stereocenters. The Balaban J connectivity index is 1.74. The third-order valence-corrected chi connectivity index (χ3v) is 5.29. The number of aliphatic hydroxyl groups excluding tert-OH is 1. The fraction of sp³-hybridized carbons (Fsp3) is 0.571. The van der Waals surface area contributed by atoms with Gasteiger partial charge in [-0.25, -0.2) is 4.98 Å². The monoisotopic (exact) mass is 384 g/mol. The molecule has 0 aliphatic carbocycles. The number of pyridine rings is 1. The number of anilines is 2. The SMILES string of the molecule is CC(C)[C@@H](CO)Nc1nc(NCCC2CCNCC2)cc(-c2ccccn2)n1. The van der Waals surface area contributed by atoms with E-state index < -0.39 is 0 Å². The van der Waals surface area contributed by atoms with Crippen molar-refractivity contribution in [3.8, 4) is 11.4 Å². The van der Waals surface area contributed by atoms with Crippen molar-refractivity contribution in [2.24, 2.45) is 11.8 Å². The molecule has 1 saturated heterocycles. The zero-order valence-electron chi connectivity index (χ0n) is 16.9. The second-order valence-corrected chi connectivity index (χ2v) is 7.76. The maximum Gasteiger partial charge on any atom is 0.225 e. The molecular formula is C21H32N6O. The van der Waals surface area contributed by atoms with E-state index in [1.165, 1.54) is 12.8 Å². The van der Waals surface area contributed by atoms with E-state index in [4.69, 9.17) is 0 Å². The number of piperidine rings is 1. The smallest absolute Gasteiger partial charge is 0.225 e. The van der Waals surface area contributed by atoms with Crippen LogP contribution in [0.1, 0.15) is 33.1 Å². The van der Waals surface area contributed by atoms with Crippen molar-refractivity contribution >= 4 is 11.8 Å². The zero-order chi connectivity index (χ0) is 19.8. The molecule has 0 saturated carbocycles. The van der Waals surface area contributed by atoms with Gasteiger partial charge in [0.2, 0.25) is 5.95 Å². The summed E-state index contributed by atoms with van der Waals surface area (Å²) in [5.74, 6) is 2.33. The Bertz CT molecular complexity index is 718. The third kappa shape index (κ3) is 5.87. The highest BCUT2D eigenvalue weighted by Gasteiger charge is 2.16. The first-order valence-corrected chi connectivity index (χ1v) is 10.3. The highest BCUT2D eigenvalue weighted by molar-refractivity contribution is 5.61. The predicted molar refractivity (Wildman–Crippen MR) is 113 cm³/mol. The summed E-state index contributed by atoms with van der Waals surface area (Å²) < 4.78 is 0. The van der Waals surface area contributed by atoms with Crippen LogP contribution in [0.3, 0.4) is 0 Å². The molecular weight excluding hydrogens is 352 g/mol. The van der Waals surface area contributed by atoms with E-state index in [1.54, 1.807) is 6.20 Å². The van der Waals surface area contributed by atoms with Crippen LogP contribution in [0.25, 0.3) is 11.4 Å². The Morgan fingerprint density at radius 1 is 1.18 bits per heavy atom. The third-order valence-electron chi connectivity index (χ3n) is 5.29. The van der Waals surface area contributed by atoms with Gasteiger partial charge in [0.25, 0.3) is 0 Å². The minimum absolute atomic E-state index is 0.0350. The first kappa shape index (κ1) is 20.5. The van der Waals surface area contributed by atoms with Gasteiger partial charge in [0.1, 0.15) is 5.82 Å².